The van der Waals surface area contributed by atoms with E-state index in [1.54, 1.807) is 21.1 Å². The zero-order valence-electron chi connectivity index (χ0n) is 54.6. The van der Waals surface area contributed by atoms with Crippen LogP contribution >= 0.6 is 22.7 Å². The number of amides is 6. The number of aromatic nitrogens is 4. The molecule has 26 heteroatoms. The van der Waals surface area contributed by atoms with Crippen LogP contribution in [-0.2, 0) is 23.9 Å². The fraction of sp³-hybridized carbons (Fsp3) is 0.500. The monoisotopic (exact) mass is 1320 g/mol. The van der Waals surface area contributed by atoms with Gasteiger partial charge in [0, 0.05) is 83.6 Å². The number of nitrogens with one attached hydrogen (secondary N) is 4. The van der Waals surface area contributed by atoms with Crippen molar-refractivity contribution in [1.29, 1.82) is 0 Å². The van der Waals surface area contributed by atoms with Crippen molar-refractivity contribution < 1.29 is 81.9 Å². The number of esters is 1. The Bertz CT molecular complexity index is 3810. The van der Waals surface area contributed by atoms with Gasteiger partial charge in [0.15, 0.2) is 0 Å². The van der Waals surface area contributed by atoms with Crippen LogP contribution in [0.15, 0.2) is 83.6 Å². The molecule has 2 saturated heterocycles. The number of urea groups is 2. The summed E-state index contributed by atoms with van der Waals surface area (Å²) < 4.78 is 29.6. The van der Waals surface area contributed by atoms with E-state index in [2.05, 4.69) is 55.0 Å². The van der Waals surface area contributed by atoms with E-state index in [1.165, 1.54) is 32.5 Å². The van der Waals surface area contributed by atoms with E-state index in [-0.39, 0.29) is 98.5 Å². The second-order valence-corrected chi connectivity index (χ2v) is 26.8. The number of allylic oxidation sites excluding steroid dienone is 2. The van der Waals surface area contributed by atoms with E-state index in [0.717, 1.165) is 83.5 Å². The second-order valence-electron chi connectivity index (χ2n) is 25.1. The molecule has 94 heavy (non-hydrogen) atoms. The van der Waals surface area contributed by atoms with Gasteiger partial charge in [-0.1, -0.05) is 64.8 Å². The molecule has 2 saturated carbocycles. The number of hydrogen-bond acceptors (Lipinski definition) is 18. The predicted molar refractivity (Wildman–Crippen MR) is 352 cm³/mol. The third kappa shape index (κ3) is 15.6. The van der Waals surface area contributed by atoms with E-state index in [9.17, 15) is 33.9 Å². The Labute approximate surface area is 567 Å². The van der Waals surface area contributed by atoms with Crippen LogP contribution in [0.5, 0.6) is 23.0 Å². The number of aliphatic carboxylic acids is 1. The van der Waals surface area contributed by atoms with Gasteiger partial charge < -0.3 is 65.3 Å². The third-order valence-corrected chi connectivity index (χ3v) is 19.8. The number of carboxylic acid groups (broad SMARTS) is 1. The van der Waals surface area contributed by atoms with Crippen molar-refractivity contribution in [3.63, 3.8) is 0 Å². The van der Waals surface area contributed by atoms with Crippen LogP contribution in [0.3, 0.4) is 0 Å². The summed E-state index contributed by atoms with van der Waals surface area (Å²) in [5.41, 5.74) is 2.18. The molecule has 23 nitrogen and oxygen atoms in total. The van der Waals surface area contributed by atoms with Crippen molar-refractivity contribution >= 4 is 80.3 Å². The number of carbonyl (C=O) groups is 6. The minimum Gasteiger partial charge on any atom is -0.870 e. The van der Waals surface area contributed by atoms with Crippen molar-refractivity contribution in [2.75, 3.05) is 47.0 Å². The number of benzene rings is 2. The van der Waals surface area contributed by atoms with Crippen molar-refractivity contribution in [3.05, 3.63) is 95.0 Å². The van der Waals surface area contributed by atoms with Gasteiger partial charge in [0.2, 0.25) is 11.8 Å². The quantitative estimate of drug-likeness (QED) is 0.0424. The van der Waals surface area contributed by atoms with Crippen LogP contribution in [0.2, 0.25) is 0 Å². The number of hydrogen-bond donors (Lipinski definition) is 5. The van der Waals surface area contributed by atoms with Gasteiger partial charge in [-0.15, -0.1) is 22.7 Å². The van der Waals surface area contributed by atoms with Crippen LogP contribution in [-0.4, -0.2) is 159 Å². The van der Waals surface area contributed by atoms with Gasteiger partial charge in [-0.2, -0.15) is 0 Å². The van der Waals surface area contributed by atoms with E-state index >= 15 is 0 Å². The molecule has 2 aliphatic carbocycles. The molecule has 2 aromatic carbocycles. The minimum absolute atomic E-state index is 0. The Kier molecular flexibility index (Phi) is 23.0. The first-order chi connectivity index (χ1) is 44.4. The van der Waals surface area contributed by atoms with Gasteiger partial charge in [0.1, 0.15) is 79.8 Å². The molecule has 0 radical (unpaired) electrons. The number of carbonyl (C=O) groups excluding carboxylic acids is 5. The van der Waals surface area contributed by atoms with E-state index in [4.69, 9.17) is 43.6 Å². The normalized spacial score (nSPS) is 25.3. The maximum Gasteiger partial charge on any atom is 1.00 e. The summed E-state index contributed by atoms with van der Waals surface area (Å²) in [5.74, 6) is 0.205. The maximum absolute atomic E-state index is 14.0. The summed E-state index contributed by atoms with van der Waals surface area (Å²) >= 11 is 3.04. The molecule has 4 fully saturated rings. The number of pyridine rings is 2. The molecule has 8 heterocycles. The molecule has 6 N–H and O–H groups in total. The number of ether oxygens (including phenoxy) is 5. The summed E-state index contributed by atoms with van der Waals surface area (Å²) in [5, 5.41) is 29.0. The number of nitrogens with zero attached hydrogens (tertiary/aromatic N) is 6. The molecule has 0 bridgehead atoms. The Balaban J connectivity index is 0.000000217. The van der Waals surface area contributed by atoms with Gasteiger partial charge >= 0.3 is 42.9 Å². The van der Waals surface area contributed by atoms with Crippen LogP contribution < -0.4 is 59.1 Å². The number of thiazole rings is 2. The van der Waals surface area contributed by atoms with Gasteiger partial charge in [0.25, 0.3) is 0 Å². The first kappa shape index (κ1) is 70.5. The summed E-state index contributed by atoms with van der Waals surface area (Å²) in [6, 6.07) is 12.5. The zero-order valence-corrected chi connectivity index (χ0v) is 56.2. The SMILES string of the molecule is CCOC(=O)[C@@]12C[C@H]1/C=C\CCCCCNC(=O)N1C[C@H](Oc3cc(-c4nc(C(C)C)cs4)nc4cc(OC)ccc34)C[C@H]1C(=O)N2.COc1ccc2c(O[C@@H]3C[C@H]4C(=O)N[C@]5(C(=O)O)C[C@H]5/C=C\CCCCCNC(=O)N4C3)cc(-c3nc(C(C)C)cs3)nc2c1.[Li+].[OH-]. The maximum atomic E-state index is 14.0. The second kappa shape index (κ2) is 30.7. The fourth-order valence-corrected chi connectivity index (χ4v) is 14.3. The van der Waals surface area contributed by atoms with Gasteiger partial charge in [0.05, 0.1) is 56.3 Å². The van der Waals surface area contributed by atoms with Crippen LogP contribution in [0, 0.1) is 11.8 Å². The van der Waals surface area contributed by atoms with E-state index < -0.39 is 53.2 Å². The molecule has 496 valence electrons. The van der Waals surface area contributed by atoms with Crippen molar-refractivity contribution in [1.82, 2.24) is 51.0 Å². The third-order valence-electron chi connectivity index (χ3n) is 18.0. The molecular weight excluding hydrogens is 1240 g/mol. The van der Waals surface area contributed by atoms with Crippen LogP contribution in [0.4, 0.5) is 9.59 Å². The number of methoxy groups -OCH3 is 2. The van der Waals surface area contributed by atoms with Gasteiger partial charge in [-0.3, -0.25) is 9.59 Å². The number of fused-ring (bicyclic) bond motifs is 6. The van der Waals surface area contributed by atoms with Crippen LogP contribution in [0.1, 0.15) is 135 Å². The number of rotatable bonds is 13. The largest absolute Gasteiger partial charge is 1.00 e. The molecule has 0 spiro atoms. The molecule has 0 unspecified atom stereocenters. The smallest absolute Gasteiger partial charge is 0.870 e. The Hall–Kier alpha value is -7.82. The molecular formula is C68H83LiN10O13S2. The first-order valence-electron chi connectivity index (χ1n) is 32.1. The van der Waals surface area contributed by atoms with E-state index in [0.29, 0.717) is 71.4 Å². The molecule has 4 aromatic heterocycles. The molecule has 6 aromatic rings. The minimum atomic E-state index is -1.35. The summed E-state index contributed by atoms with van der Waals surface area (Å²) in [6.07, 6.45) is 15.4. The topological polar surface area (TPSA) is 305 Å². The van der Waals surface area contributed by atoms with Crippen LogP contribution in [0.25, 0.3) is 43.2 Å². The molecule has 4 aliphatic heterocycles. The van der Waals surface area contributed by atoms with E-state index in [1.807, 2.05) is 77.5 Å². The number of carboxylic acids is 1. The summed E-state index contributed by atoms with van der Waals surface area (Å²) in [6.45, 7) is 11.7. The van der Waals surface area contributed by atoms with Crippen molar-refractivity contribution in [2.45, 2.75) is 159 Å². The van der Waals surface area contributed by atoms with Crippen molar-refractivity contribution in [3.8, 4) is 44.4 Å². The molecule has 6 amide bonds. The van der Waals surface area contributed by atoms with Gasteiger partial charge in [-0.25, -0.2) is 39.1 Å². The summed E-state index contributed by atoms with van der Waals surface area (Å²) in [7, 11) is 3.21. The first-order valence-corrected chi connectivity index (χ1v) is 33.9. The Morgan fingerprint density at radius 3 is 1.51 bits per heavy atom. The predicted octanol–water partition coefficient (Wildman–Crippen LogP) is 7.53. The summed E-state index contributed by atoms with van der Waals surface area (Å²) in [4.78, 5) is 102. The molecule has 8 atom stereocenters. The average molecular weight is 1320 g/mol. The standard InChI is InChI=1S/C35H43N5O6S.C33H39N5O6S.Li.H2O/c1-5-45-33(42)35-18-22(35)11-9-7-6-8-10-14-36-34(43)40-19-24(16-29(40)31(41)39-35)46-30-17-27(32-38-28(20-47-32)21(2)3)37-26-15-23(44-4)12-13-25(26)30;1-19(2)26-18-45-30(36-26)25-15-28(23-11-10-21(43-3)13-24(23)35-25)44-22-14-27-29(39)37-33(31(40)41)16-20(33)9-7-5-4-6-8-12-34-32(42)38(27)17-22;;/h9,11-13,15,17,20-22,24,29H,5-8,10,14,16,18-19H2,1-4H3,(H,36,43)(H,39,41);7,9-11,13,15,18-20,22,27H,4-6,8,12,14,16-17H2,1-3H3,(H,34,42)(H,37,39)(H,40,41);;1H2/q;;+1;/p-1/b11-9-;9-7-;;/t22-,24-,29+,35-;20-,22-,27+,33-;;/m11../s1. The Morgan fingerprint density at radius 1 is 0.638 bits per heavy atom. The van der Waals surface area contributed by atoms with Crippen molar-refractivity contribution in [2.24, 2.45) is 11.8 Å². The average Bonchev–Trinajstić information content (AvgIpc) is 1.57. The fourth-order valence-electron chi connectivity index (χ4n) is 12.5. The molecule has 12 rings (SSSR count). The molecule has 6 aliphatic rings. The zero-order chi connectivity index (χ0) is 64.8. The Morgan fingerprint density at radius 2 is 1.09 bits per heavy atom. The van der Waals surface area contributed by atoms with Gasteiger partial charge in [-0.05, 0) is 94.4 Å².